The molecule has 1 unspecified atom stereocenters. The molecule has 1 atom stereocenters. The van der Waals surface area contributed by atoms with Crippen LogP contribution in [0.1, 0.15) is 18.4 Å². The van der Waals surface area contributed by atoms with Gasteiger partial charge in [-0.05, 0) is 37.5 Å². The quantitative estimate of drug-likeness (QED) is 0.782. The van der Waals surface area contributed by atoms with E-state index in [4.69, 9.17) is 9.47 Å². The highest BCUT2D eigenvalue weighted by Crippen LogP contribution is 2.29. The predicted octanol–water partition coefficient (Wildman–Crippen LogP) is 2.15. The Morgan fingerprint density at radius 2 is 2.19 bits per heavy atom. The van der Waals surface area contributed by atoms with Crippen LogP contribution < -0.4 is 14.8 Å². The van der Waals surface area contributed by atoms with Crippen molar-refractivity contribution in [3.8, 4) is 11.5 Å². The Morgan fingerprint density at radius 1 is 1.31 bits per heavy atom. The molecule has 1 aliphatic heterocycles. The van der Waals surface area contributed by atoms with Crippen LogP contribution in [0.25, 0.3) is 0 Å². The third-order valence-corrected chi connectivity index (χ3v) is 2.79. The monoisotopic (exact) mass is 220 g/mol. The number of aryl methyl sites for hydroxylation is 1. The van der Waals surface area contributed by atoms with Crippen LogP contribution in [0.4, 0.5) is 0 Å². The standard InChI is InChI=1S/C13H18NO2/c1-10-5-6-12(13(8-10)15-2)16-11-4-3-7-14-9-11/h5-6,8,11H,3-4,7,9H2,1-2H3. The Labute approximate surface area is 96.8 Å². The first kappa shape index (κ1) is 11.3. The highest BCUT2D eigenvalue weighted by atomic mass is 16.5. The fourth-order valence-corrected chi connectivity index (χ4v) is 1.91. The lowest BCUT2D eigenvalue weighted by atomic mass is 10.1. The molecule has 3 heteroatoms. The first-order valence-corrected chi connectivity index (χ1v) is 5.74. The molecular weight excluding hydrogens is 202 g/mol. The highest BCUT2D eigenvalue weighted by Gasteiger charge is 2.17. The molecule has 0 aromatic heterocycles. The topological polar surface area (TPSA) is 32.6 Å². The van der Waals surface area contributed by atoms with Crippen LogP contribution in [0, 0.1) is 6.92 Å². The molecule has 1 heterocycles. The van der Waals surface area contributed by atoms with Gasteiger partial charge in [0.25, 0.3) is 0 Å². The van der Waals surface area contributed by atoms with E-state index in [9.17, 15) is 0 Å². The maximum Gasteiger partial charge on any atom is 0.161 e. The zero-order valence-electron chi connectivity index (χ0n) is 9.90. The van der Waals surface area contributed by atoms with Crippen molar-refractivity contribution in [2.24, 2.45) is 0 Å². The predicted molar refractivity (Wildman–Crippen MR) is 63.2 cm³/mol. The van der Waals surface area contributed by atoms with E-state index in [1.54, 1.807) is 7.11 Å². The lowest BCUT2D eigenvalue weighted by Gasteiger charge is -2.23. The lowest BCUT2D eigenvalue weighted by Crippen LogP contribution is -2.33. The molecule has 0 bridgehead atoms. The maximum absolute atomic E-state index is 5.91. The van der Waals surface area contributed by atoms with E-state index < -0.39 is 0 Å². The summed E-state index contributed by atoms with van der Waals surface area (Å²) in [6.45, 7) is 3.82. The smallest absolute Gasteiger partial charge is 0.161 e. The minimum absolute atomic E-state index is 0.213. The molecule has 1 radical (unpaired) electrons. The van der Waals surface area contributed by atoms with Crippen LogP contribution in [0.15, 0.2) is 18.2 Å². The molecule has 16 heavy (non-hydrogen) atoms. The Bertz CT molecular complexity index is 346. The Hall–Kier alpha value is -1.22. The molecule has 87 valence electrons. The van der Waals surface area contributed by atoms with Gasteiger partial charge in [-0.25, -0.2) is 5.32 Å². The van der Waals surface area contributed by atoms with Crippen molar-refractivity contribution in [1.29, 1.82) is 0 Å². The summed E-state index contributed by atoms with van der Waals surface area (Å²) < 4.78 is 11.2. The van der Waals surface area contributed by atoms with Gasteiger partial charge in [-0.15, -0.1) is 0 Å². The van der Waals surface area contributed by atoms with Gasteiger partial charge in [0.05, 0.1) is 13.7 Å². The number of rotatable bonds is 3. The van der Waals surface area contributed by atoms with Crippen molar-refractivity contribution in [2.45, 2.75) is 25.9 Å². The molecule has 1 aliphatic rings. The molecule has 0 saturated carbocycles. The fourth-order valence-electron chi connectivity index (χ4n) is 1.91. The number of hydrogen-bond acceptors (Lipinski definition) is 2. The number of methoxy groups -OCH3 is 1. The molecule has 2 rings (SSSR count). The van der Waals surface area contributed by atoms with Crippen molar-refractivity contribution in [3.63, 3.8) is 0 Å². The van der Waals surface area contributed by atoms with Crippen LogP contribution in [0.2, 0.25) is 0 Å². The molecule has 1 aromatic rings. The van der Waals surface area contributed by atoms with E-state index >= 15 is 0 Å². The average Bonchev–Trinajstić information content (AvgIpc) is 2.33. The summed E-state index contributed by atoms with van der Waals surface area (Å²) in [5, 5.41) is 4.36. The van der Waals surface area contributed by atoms with Crippen LogP contribution in [-0.2, 0) is 0 Å². The van der Waals surface area contributed by atoms with Gasteiger partial charge in [0.2, 0.25) is 0 Å². The normalized spacial score (nSPS) is 20.5. The van der Waals surface area contributed by atoms with Crippen molar-refractivity contribution in [3.05, 3.63) is 23.8 Å². The zero-order valence-corrected chi connectivity index (χ0v) is 9.90. The van der Waals surface area contributed by atoms with Gasteiger partial charge in [0.1, 0.15) is 6.10 Å². The minimum Gasteiger partial charge on any atom is -0.493 e. The molecule has 1 fully saturated rings. The third-order valence-electron chi connectivity index (χ3n) is 2.79. The van der Waals surface area contributed by atoms with E-state index in [0.717, 1.165) is 37.4 Å². The second kappa shape index (κ2) is 5.21. The van der Waals surface area contributed by atoms with Crippen LogP contribution in [0.5, 0.6) is 11.5 Å². The Morgan fingerprint density at radius 3 is 2.88 bits per heavy atom. The largest absolute Gasteiger partial charge is 0.493 e. The second-order valence-electron chi connectivity index (χ2n) is 4.17. The first-order chi connectivity index (χ1) is 7.79. The highest BCUT2D eigenvalue weighted by molar-refractivity contribution is 5.42. The number of piperidine rings is 1. The SMILES string of the molecule is COc1cc(C)ccc1OC1CCC[N]C1. The van der Waals surface area contributed by atoms with Crippen molar-refractivity contribution < 1.29 is 9.47 Å². The summed E-state index contributed by atoms with van der Waals surface area (Å²) in [6, 6.07) is 6.01. The van der Waals surface area contributed by atoms with Crippen molar-refractivity contribution in [1.82, 2.24) is 5.32 Å². The molecule has 3 nitrogen and oxygen atoms in total. The van der Waals surface area contributed by atoms with Gasteiger partial charge in [0, 0.05) is 6.54 Å². The number of ether oxygens (including phenoxy) is 2. The van der Waals surface area contributed by atoms with Gasteiger partial charge in [0.15, 0.2) is 11.5 Å². The summed E-state index contributed by atoms with van der Waals surface area (Å²) in [5.41, 5.74) is 1.18. The summed E-state index contributed by atoms with van der Waals surface area (Å²) in [5.74, 6) is 1.64. The van der Waals surface area contributed by atoms with Crippen molar-refractivity contribution in [2.75, 3.05) is 20.2 Å². The van der Waals surface area contributed by atoms with Gasteiger partial charge >= 0.3 is 0 Å². The molecule has 0 spiro atoms. The Balaban J connectivity index is 2.07. The second-order valence-corrected chi connectivity index (χ2v) is 4.17. The van der Waals surface area contributed by atoms with Gasteiger partial charge in [-0.2, -0.15) is 0 Å². The van der Waals surface area contributed by atoms with Crippen LogP contribution in [0.3, 0.4) is 0 Å². The average molecular weight is 220 g/mol. The lowest BCUT2D eigenvalue weighted by molar-refractivity contribution is 0.159. The summed E-state index contributed by atoms with van der Waals surface area (Å²) in [6.07, 6.45) is 2.42. The van der Waals surface area contributed by atoms with Gasteiger partial charge < -0.3 is 9.47 Å². The van der Waals surface area contributed by atoms with E-state index in [2.05, 4.69) is 5.32 Å². The molecular formula is C13H18NO2. The van der Waals surface area contributed by atoms with E-state index in [1.165, 1.54) is 5.56 Å². The van der Waals surface area contributed by atoms with E-state index in [-0.39, 0.29) is 6.10 Å². The van der Waals surface area contributed by atoms with E-state index in [1.807, 2.05) is 25.1 Å². The van der Waals surface area contributed by atoms with E-state index in [0.29, 0.717) is 0 Å². The number of hydrogen-bond donors (Lipinski definition) is 0. The summed E-state index contributed by atoms with van der Waals surface area (Å²) in [4.78, 5) is 0. The van der Waals surface area contributed by atoms with Gasteiger partial charge in [-0.1, -0.05) is 6.07 Å². The van der Waals surface area contributed by atoms with Gasteiger partial charge in [-0.3, -0.25) is 0 Å². The molecule has 1 saturated heterocycles. The van der Waals surface area contributed by atoms with Crippen LogP contribution >= 0.6 is 0 Å². The molecule has 0 aliphatic carbocycles. The molecule has 0 N–H and O–H groups in total. The maximum atomic E-state index is 5.91. The van der Waals surface area contributed by atoms with Crippen molar-refractivity contribution >= 4 is 0 Å². The summed E-state index contributed by atoms with van der Waals surface area (Å²) in [7, 11) is 1.67. The molecule has 1 aromatic carbocycles. The fraction of sp³-hybridized carbons (Fsp3) is 0.538. The Kier molecular flexibility index (Phi) is 3.67. The minimum atomic E-state index is 0.213. The first-order valence-electron chi connectivity index (χ1n) is 5.74. The van der Waals surface area contributed by atoms with Crippen LogP contribution in [-0.4, -0.2) is 26.3 Å². The zero-order chi connectivity index (χ0) is 11.4. The summed E-state index contributed by atoms with van der Waals surface area (Å²) >= 11 is 0. The number of nitrogens with zero attached hydrogens (tertiary/aromatic N) is 1. The third kappa shape index (κ3) is 2.67. The molecule has 0 amide bonds. The number of benzene rings is 1.